The van der Waals surface area contributed by atoms with Gasteiger partial charge < -0.3 is 21.7 Å². The Labute approximate surface area is 178 Å². The Kier molecular flexibility index (Phi) is 27.8. The number of carboxylic acids is 2. The van der Waals surface area contributed by atoms with Crippen molar-refractivity contribution in [1.82, 2.24) is 0 Å². The van der Waals surface area contributed by atoms with Gasteiger partial charge in [0.25, 0.3) is 0 Å². The molecule has 0 bridgehead atoms. The maximum Gasteiger partial charge on any atom is 0.303 e. The minimum Gasteiger partial charge on any atom is -0.481 e. The summed E-state index contributed by atoms with van der Waals surface area (Å²) in [5.74, 6) is -1.34. The first kappa shape index (κ1) is 30.1. The minimum absolute atomic E-state index is 0.327. The van der Waals surface area contributed by atoms with E-state index in [0.717, 1.165) is 51.6 Å². The monoisotopic (exact) mass is 416 g/mol. The SMILES string of the molecule is NCCCCCCCCCCC(=O)O.NCCCCCCCCCCCC(=O)O. The van der Waals surface area contributed by atoms with E-state index in [1.54, 1.807) is 0 Å². The van der Waals surface area contributed by atoms with E-state index in [0.29, 0.717) is 12.8 Å². The zero-order valence-electron chi connectivity index (χ0n) is 18.7. The number of aliphatic carboxylic acids is 2. The Bertz CT molecular complexity index is 352. The molecule has 29 heavy (non-hydrogen) atoms. The fourth-order valence-corrected chi connectivity index (χ4v) is 3.14. The molecule has 174 valence electrons. The molecule has 0 aliphatic carbocycles. The van der Waals surface area contributed by atoms with Crippen LogP contribution >= 0.6 is 0 Å². The molecule has 0 aromatic carbocycles. The molecule has 0 saturated carbocycles. The predicted octanol–water partition coefficient (Wildman–Crippen LogP) is 5.47. The summed E-state index contributed by atoms with van der Waals surface area (Å²) in [4.78, 5) is 20.4. The van der Waals surface area contributed by atoms with E-state index in [2.05, 4.69) is 0 Å². The first-order valence-electron chi connectivity index (χ1n) is 11.9. The second-order valence-electron chi connectivity index (χ2n) is 7.88. The van der Waals surface area contributed by atoms with E-state index in [1.165, 1.54) is 70.6 Å². The maximum atomic E-state index is 10.2. The molecule has 0 spiro atoms. The number of hydrogen-bond donors (Lipinski definition) is 4. The van der Waals surface area contributed by atoms with Gasteiger partial charge in [0.05, 0.1) is 0 Å². The van der Waals surface area contributed by atoms with Crippen molar-refractivity contribution in [1.29, 1.82) is 0 Å². The lowest BCUT2D eigenvalue weighted by atomic mass is 10.1. The largest absolute Gasteiger partial charge is 0.481 e. The Hall–Kier alpha value is -1.14. The summed E-state index contributed by atoms with van der Waals surface area (Å²) in [6.45, 7) is 1.62. The maximum absolute atomic E-state index is 10.2. The van der Waals surface area contributed by atoms with Crippen LogP contribution in [-0.2, 0) is 9.59 Å². The van der Waals surface area contributed by atoms with E-state index >= 15 is 0 Å². The summed E-state index contributed by atoms with van der Waals surface area (Å²) < 4.78 is 0. The molecule has 0 aliphatic rings. The zero-order chi connectivity index (χ0) is 22.0. The van der Waals surface area contributed by atoms with Crippen LogP contribution in [0, 0.1) is 0 Å². The van der Waals surface area contributed by atoms with E-state index in [4.69, 9.17) is 21.7 Å². The van der Waals surface area contributed by atoms with Gasteiger partial charge in [-0.2, -0.15) is 0 Å². The van der Waals surface area contributed by atoms with Crippen LogP contribution in [0.1, 0.15) is 122 Å². The quantitative estimate of drug-likeness (QED) is 0.184. The summed E-state index contributed by atoms with van der Waals surface area (Å²) in [5.41, 5.74) is 10.8. The summed E-state index contributed by atoms with van der Waals surface area (Å²) in [7, 11) is 0. The van der Waals surface area contributed by atoms with Gasteiger partial charge in [0.15, 0.2) is 0 Å². The Morgan fingerprint density at radius 2 is 0.621 bits per heavy atom. The van der Waals surface area contributed by atoms with Crippen LogP contribution in [0.5, 0.6) is 0 Å². The van der Waals surface area contributed by atoms with E-state index in [1.807, 2.05) is 0 Å². The third-order valence-electron chi connectivity index (χ3n) is 4.94. The molecule has 0 radical (unpaired) electrons. The average molecular weight is 417 g/mol. The van der Waals surface area contributed by atoms with Crippen molar-refractivity contribution >= 4 is 11.9 Å². The van der Waals surface area contributed by atoms with Crippen molar-refractivity contribution in [3.05, 3.63) is 0 Å². The Balaban J connectivity index is 0. The van der Waals surface area contributed by atoms with Gasteiger partial charge in [0.1, 0.15) is 0 Å². The highest BCUT2D eigenvalue weighted by atomic mass is 16.4. The number of carboxylic acid groups (broad SMARTS) is 2. The third kappa shape index (κ3) is 34.7. The first-order valence-corrected chi connectivity index (χ1v) is 11.9. The van der Waals surface area contributed by atoms with Crippen molar-refractivity contribution in [2.45, 2.75) is 122 Å². The van der Waals surface area contributed by atoms with Gasteiger partial charge in [0, 0.05) is 12.8 Å². The molecule has 6 nitrogen and oxygen atoms in total. The second-order valence-corrected chi connectivity index (χ2v) is 7.88. The van der Waals surface area contributed by atoms with Gasteiger partial charge in [-0.25, -0.2) is 0 Å². The molecule has 0 saturated heterocycles. The summed E-state index contributed by atoms with van der Waals surface area (Å²) in [6, 6.07) is 0. The number of rotatable bonds is 21. The van der Waals surface area contributed by atoms with Gasteiger partial charge in [-0.15, -0.1) is 0 Å². The van der Waals surface area contributed by atoms with E-state index in [-0.39, 0.29) is 0 Å². The average Bonchev–Trinajstić information content (AvgIpc) is 2.68. The van der Waals surface area contributed by atoms with Crippen molar-refractivity contribution in [2.75, 3.05) is 13.1 Å². The van der Waals surface area contributed by atoms with E-state index < -0.39 is 11.9 Å². The van der Waals surface area contributed by atoms with Crippen molar-refractivity contribution < 1.29 is 19.8 Å². The number of carbonyl (C=O) groups is 2. The van der Waals surface area contributed by atoms with Crippen LogP contribution < -0.4 is 11.5 Å². The topological polar surface area (TPSA) is 127 Å². The molecule has 0 rings (SSSR count). The zero-order valence-corrected chi connectivity index (χ0v) is 18.7. The summed E-state index contributed by atoms with van der Waals surface area (Å²) in [5, 5.41) is 16.8. The normalized spacial score (nSPS) is 10.4. The van der Waals surface area contributed by atoms with Crippen molar-refractivity contribution in [2.24, 2.45) is 11.5 Å². The number of nitrogens with two attached hydrogens (primary N) is 2. The lowest BCUT2D eigenvalue weighted by Crippen LogP contribution is -1.97. The number of hydrogen-bond acceptors (Lipinski definition) is 4. The van der Waals surface area contributed by atoms with Crippen LogP contribution in [-0.4, -0.2) is 35.2 Å². The van der Waals surface area contributed by atoms with Crippen LogP contribution in [0.15, 0.2) is 0 Å². The lowest BCUT2D eigenvalue weighted by Gasteiger charge is -2.01. The van der Waals surface area contributed by atoms with Crippen molar-refractivity contribution in [3.8, 4) is 0 Å². The van der Waals surface area contributed by atoms with Gasteiger partial charge in [0.2, 0.25) is 0 Å². The molecule has 6 heteroatoms. The smallest absolute Gasteiger partial charge is 0.303 e. The fourth-order valence-electron chi connectivity index (χ4n) is 3.14. The minimum atomic E-state index is -0.673. The van der Waals surface area contributed by atoms with Crippen LogP contribution in [0.2, 0.25) is 0 Å². The van der Waals surface area contributed by atoms with Gasteiger partial charge in [-0.1, -0.05) is 83.5 Å². The molecule has 0 aromatic heterocycles. The third-order valence-corrected chi connectivity index (χ3v) is 4.94. The van der Waals surface area contributed by atoms with Gasteiger partial charge in [-0.3, -0.25) is 9.59 Å². The first-order chi connectivity index (χ1) is 14.0. The molecule has 0 amide bonds. The van der Waals surface area contributed by atoms with Gasteiger partial charge >= 0.3 is 11.9 Å². The Morgan fingerprint density at radius 1 is 0.414 bits per heavy atom. The molecule has 0 heterocycles. The van der Waals surface area contributed by atoms with Crippen LogP contribution in [0.25, 0.3) is 0 Å². The molecule has 0 aromatic rings. The van der Waals surface area contributed by atoms with Crippen molar-refractivity contribution in [3.63, 3.8) is 0 Å². The van der Waals surface area contributed by atoms with E-state index in [9.17, 15) is 9.59 Å². The molecule has 0 unspecified atom stereocenters. The highest BCUT2D eigenvalue weighted by Gasteiger charge is 1.97. The van der Waals surface area contributed by atoms with Crippen LogP contribution in [0.4, 0.5) is 0 Å². The molecule has 6 N–H and O–H groups in total. The molecule has 0 atom stereocenters. The highest BCUT2D eigenvalue weighted by molar-refractivity contribution is 5.66. The summed E-state index contributed by atoms with van der Waals surface area (Å²) >= 11 is 0. The predicted molar refractivity (Wildman–Crippen MR) is 121 cm³/mol. The molecular formula is C23H48N2O4. The van der Waals surface area contributed by atoms with Gasteiger partial charge in [-0.05, 0) is 38.8 Å². The summed E-state index contributed by atoms with van der Waals surface area (Å²) in [6.07, 6.45) is 20.5. The molecule has 0 fully saturated rings. The highest BCUT2D eigenvalue weighted by Crippen LogP contribution is 2.10. The fraction of sp³-hybridized carbons (Fsp3) is 0.913. The second kappa shape index (κ2) is 26.9. The molecular weight excluding hydrogens is 368 g/mol. The van der Waals surface area contributed by atoms with Crippen LogP contribution in [0.3, 0.4) is 0 Å². The lowest BCUT2D eigenvalue weighted by molar-refractivity contribution is -0.138. The Morgan fingerprint density at radius 3 is 0.828 bits per heavy atom. The molecule has 0 aliphatic heterocycles. The number of unbranched alkanes of at least 4 members (excludes halogenated alkanes) is 15. The standard InChI is InChI=1S/C12H25NO2.C11H23NO2/c13-11-9-7-5-3-1-2-4-6-8-10-12(14)15;12-10-8-6-4-2-1-3-5-7-9-11(13)14/h1-11,13H2,(H,14,15);1-10,12H2,(H,13,14).